The first kappa shape index (κ1) is 17.6. The molecule has 0 aliphatic heterocycles. The molecule has 0 saturated heterocycles. The molecular weight excluding hydrogens is 328 g/mol. The summed E-state index contributed by atoms with van der Waals surface area (Å²) < 4.78 is 11.0. The smallest absolute Gasteiger partial charge is 0.331 e. The molecule has 0 radical (unpaired) electrons. The van der Waals surface area contributed by atoms with Gasteiger partial charge in [-0.1, -0.05) is 47.5 Å². The molecule has 0 N–H and O–H groups in total. The Morgan fingerprint density at radius 2 is 1.62 bits per heavy atom. The Morgan fingerprint density at radius 1 is 1.00 bits per heavy atom. The van der Waals surface area contributed by atoms with Crippen LogP contribution in [-0.4, -0.2) is 16.2 Å². The monoisotopic (exact) mass is 348 g/mol. The van der Waals surface area contributed by atoms with Gasteiger partial charge in [0.2, 0.25) is 5.89 Å². The van der Waals surface area contributed by atoms with Crippen molar-refractivity contribution in [3.63, 3.8) is 0 Å². The minimum Gasteiger partial charge on any atom is -0.449 e. The average molecular weight is 348 g/mol. The lowest BCUT2D eigenvalue weighted by Crippen LogP contribution is -2.06. The van der Waals surface area contributed by atoms with E-state index in [9.17, 15) is 4.79 Å². The summed E-state index contributed by atoms with van der Waals surface area (Å²) in [6, 6.07) is 15.6. The Hall–Kier alpha value is -3.21. The second kappa shape index (κ2) is 7.78. The molecule has 0 fully saturated rings. The third kappa shape index (κ3) is 4.45. The fraction of sp³-hybridized carbons (Fsp3) is 0.190. The van der Waals surface area contributed by atoms with Crippen LogP contribution in [0.2, 0.25) is 0 Å². The number of ether oxygens (including phenoxy) is 1. The molecule has 26 heavy (non-hydrogen) atoms. The van der Waals surface area contributed by atoms with E-state index in [1.54, 1.807) is 13.0 Å². The summed E-state index contributed by atoms with van der Waals surface area (Å²) in [6.45, 7) is 5.72. The Kier molecular flexibility index (Phi) is 5.27. The van der Waals surface area contributed by atoms with E-state index in [0.717, 1.165) is 16.7 Å². The summed E-state index contributed by atoms with van der Waals surface area (Å²) in [5.41, 5.74) is 4.07. The Labute approximate surface area is 152 Å². The summed E-state index contributed by atoms with van der Waals surface area (Å²) in [5.74, 6) is 0.198. The van der Waals surface area contributed by atoms with Crippen LogP contribution in [0.3, 0.4) is 0 Å². The normalized spacial score (nSPS) is 12.3. The molecule has 1 heterocycles. The van der Waals surface area contributed by atoms with Crippen molar-refractivity contribution in [1.29, 1.82) is 0 Å². The highest BCUT2D eigenvalue weighted by Gasteiger charge is 2.18. The Balaban J connectivity index is 1.62. The summed E-state index contributed by atoms with van der Waals surface area (Å²) in [7, 11) is 0. The number of carbonyl (C=O) groups excluding carboxylic acids is 1. The molecule has 1 atom stereocenters. The topological polar surface area (TPSA) is 65.2 Å². The minimum atomic E-state index is -0.628. The van der Waals surface area contributed by atoms with Crippen LogP contribution in [0.1, 0.15) is 35.6 Å². The minimum absolute atomic E-state index is 0.262. The van der Waals surface area contributed by atoms with Crippen LogP contribution in [0.5, 0.6) is 0 Å². The number of hydrogen-bond acceptors (Lipinski definition) is 5. The predicted octanol–water partition coefficient (Wildman–Crippen LogP) is 4.67. The van der Waals surface area contributed by atoms with Crippen molar-refractivity contribution in [2.24, 2.45) is 0 Å². The molecule has 0 amide bonds. The lowest BCUT2D eigenvalue weighted by atomic mass is 10.1. The first-order valence-corrected chi connectivity index (χ1v) is 8.37. The zero-order chi connectivity index (χ0) is 18.5. The highest BCUT2D eigenvalue weighted by molar-refractivity contribution is 5.87. The number of aromatic nitrogens is 2. The average Bonchev–Trinajstić information content (AvgIpc) is 3.12. The molecule has 3 aromatic rings. The first-order valence-electron chi connectivity index (χ1n) is 8.37. The first-order chi connectivity index (χ1) is 12.5. The highest BCUT2D eigenvalue weighted by Crippen LogP contribution is 2.22. The second-order valence-electron chi connectivity index (χ2n) is 6.13. The van der Waals surface area contributed by atoms with Gasteiger partial charge in [-0.15, -0.1) is 10.2 Å². The maximum Gasteiger partial charge on any atom is 0.331 e. The van der Waals surface area contributed by atoms with Crippen LogP contribution in [0, 0.1) is 13.8 Å². The van der Waals surface area contributed by atoms with E-state index in [2.05, 4.69) is 10.2 Å². The van der Waals surface area contributed by atoms with Crippen molar-refractivity contribution in [2.45, 2.75) is 26.9 Å². The number of esters is 1. The molecule has 2 aromatic carbocycles. The van der Waals surface area contributed by atoms with Crippen LogP contribution in [-0.2, 0) is 9.53 Å². The van der Waals surface area contributed by atoms with Gasteiger partial charge in [0.05, 0.1) is 0 Å². The maximum atomic E-state index is 12.0. The molecule has 132 valence electrons. The zero-order valence-corrected chi connectivity index (χ0v) is 15.0. The molecule has 5 nitrogen and oxygen atoms in total. The van der Waals surface area contributed by atoms with Crippen LogP contribution in [0.15, 0.2) is 59.0 Å². The number of carbonyl (C=O) groups is 1. The molecule has 0 unspecified atom stereocenters. The molecule has 0 aliphatic carbocycles. The van der Waals surface area contributed by atoms with Crippen LogP contribution >= 0.6 is 0 Å². The fourth-order valence-corrected chi connectivity index (χ4v) is 2.32. The van der Waals surface area contributed by atoms with E-state index in [-0.39, 0.29) is 5.89 Å². The second-order valence-corrected chi connectivity index (χ2v) is 6.13. The number of aryl methyl sites for hydroxylation is 2. The van der Waals surface area contributed by atoms with E-state index in [4.69, 9.17) is 9.15 Å². The van der Waals surface area contributed by atoms with Gasteiger partial charge in [-0.2, -0.15) is 0 Å². The van der Waals surface area contributed by atoms with Crippen LogP contribution in [0.4, 0.5) is 0 Å². The van der Waals surface area contributed by atoms with Crippen molar-refractivity contribution in [3.8, 4) is 11.5 Å². The summed E-state index contributed by atoms with van der Waals surface area (Å²) in [5, 5.41) is 8.00. The third-order valence-corrected chi connectivity index (χ3v) is 3.87. The van der Waals surface area contributed by atoms with Gasteiger partial charge in [0.1, 0.15) is 0 Å². The van der Waals surface area contributed by atoms with E-state index in [1.165, 1.54) is 11.6 Å². The Bertz CT molecular complexity index is 909. The fourth-order valence-electron chi connectivity index (χ4n) is 2.32. The molecular formula is C21H20N2O3. The molecule has 0 aliphatic rings. The quantitative estimate of drug-likeness (QED) is 0.495. The maximum absolute atomic E-state index is 12.0. The Morgan fingerprint density at radius 3 is 2.27 bits per heavy atom. The summed E-state index contributed by atoms with van der Waals surface area (Å²) in [6.07, 6.45) is 2.47. The molecule has 3 rings (SSSR count). The number of nitrogens with zero attached hydrogens (tertiary/aromatic N) is 2. The molecule has 5 heteroatoms. The van der Waals surface area contributed by atoms with Gasteiger partial charge >= 0.3 is 5.97 Å². The van der Waals surface area contributed by atoms with E-state index >= 15 is 0 Å². The lowest BCUT2D eigenvalue weighted by molar-refractivity contribution is -0.143. The molecule has 0 bridgehead atoms. The van der Waals surface area contributed by atoms with Gasteiger partial charge in [0, 0.05) is 11.6 Å². The van der Waals surface area contributed by atoms with Crippen LogP contribution in [0.25, 0.3) is 17.5 Å². The van der Waals surface area contributed by atoms with Gasteiger partial charge in [0.25, 0.3) is 5.89 Å². The van der Waals surface area contributed by atoms with Gasteiger partial charge in [-0.25, -0.2) is 4.79 Å². The van der Waals surface area contributed by atoms with Gasteiger partial charge in [-0.3, -0.25) is 0 Å². The SMILES string of the molecule is Cc1ccc(/C=C/C(=O)O[C@H](C)c2nnc(-c3ccc(C)cc3)o2)cc1. The van der Waals surface area contributed by atoms with Gasteiger partial charge < -0.3 is 9.15 Å². The van der Waals surface area contributed by atoms with E-state index < -0.39 is 12.1 Å². The van der Waals surface area contributed by atoms with Crippen molar-refractivity contribution in [3.05, 3.63) is 77.2 Å². The van der Waals surface area contributed by atoms with Crippen LogP contribution < -0.4 is 0 Å². The van der Waals surface area contributed by atoms with Gasteiger partial charge in [-0.05, 0) is 44.5 Å². The van der Waals surface area contributed by atoms with Crippen molar-refractivity contribution >= 4 is 12.0 Å². The highest BCUT2D eigenvalue weighted by atomic mass is 16.6. The zero-order valence-electron chi connectivity index (χ0n) is 15.0. The largest absolute Gasteiger partial charge is 0.449 e. The van der Waals surface area contributed by atoms with E-state index in [1.807, 2.05) is 62.4 Å². The summed E-state index contributed by atoms with van der Waals surface area (Å²) in [4.78, 5) is 12.0. The number of rotatable bonds is 5. The third-order valence-electron chi connectivity index (χ3n) is 3.87. The molecule has 1 aromatic heterocycles. The lowest BCUT2D eigenvalue weighted by Gasteiger charge is -2.06. The predicted molar refractivity (Wildman–Crippen MR) is 99.2 cm³/mol. The van der Waals surface area contributed by atoms with Crippen molar-refractivity contribution in [1.82, 2.24) is 10.2 Å². The standard InChI is InChI=1S/C21H20N2O3/c1-14-4-8-17(9-5-14)10-13-19(24)25-16(3)20-22-23-21(26-20)18-11-6-15(2)7-12-18/h4-13,16H,1-3H3/b13-10+/t16-/m1/s1. The van der Waals surface area contributed by atoms with Gasteiger partial charge in [0.15, 0.2) is 6.10 Å². The summed E-state index contributed by atoms with van der Waals surface area (Å²) >= 11 is 0. The molecule has 0 saturated carbocycles. The molecule has 0 spiro atoms. The van der Waals surface area contributed by atoms with Crippen molar-refractivity contribution in [2.75, 3.05) is 0 Å². The van der Waals surface area contributed by atoms with Crippen molar-refractivity contribution < 1.29 is 13.9 Å². The number of hydrogen-bond donors (Lipinski definition) is 0. The number of benzene rings is 2. The van der Waals surface area contributed by atoms with E-state index in [0.29, 0.717) is 5.89 Å².